The summed E-state index contributed by atoms with van der Waals surface area (Å²) in [4.78, 5) is 39.9. The lowest BCUT2D eigenvalue weighted by Gasteiger charge is -2.28. The van der Waals surface area contributed by atoms with Crippen LogP contribution in [0.15, 0.2) is 79.9 Å². The summed E-state index contributed by atoms with van der Waals surface area (Å²) in [5.41, 5.74) is 1.77. The standard InChI is InChI=1S/C28H33ClN2O3/c1-4-6-13-27(33)30-26(22-11-8-7-9-12-22)20-31(3)28(34)23(10-5-2)19-25(32)18-21-14-16-24(29)17-15-21/h4-5,7-9,11-12,14-17,23,26H,1-2,6,10,13,18-20H2,3H3,(H,30,33)/t23-,26+/m0/s1. The molecule has 2 rings (SSSR count). The summed E-state index contributed by atoms with van der Waals surface area (Å²) >= 11 is 5.92. The summed E-state index contributed by atoms with van der Waals surface area (Å²) in [5, 5.41) is 3.64. The number of Topliss-reactive ketones (excluding diaryl/α,β-unsaturated/α-hetero) is 1. The van der Waals surface area contributed by atoms with E-state index in [1.54, 1.807) is 36.2 Å². The zero-order valence-corrected chi connectivity index (χ0v) is 20.5. The van der Waals surface area contributed by atoms with Crippen LogP contribution in [0.1, 0.15) is 42.9 Å². The Morgan fingerprint density at radius 3 is 2.32 bits per heavy atom. The topological polar surface area (TPSA) is 66.5 Å². The van der Waals surface area contributed by atoms with Crippen molar-refractivity contribution in [2.24, 2.45) is 5.92 Å². The van der Waals surface area contributed by atoms with Crippen molar-refractivity contribution in [3.63, 3.8) is 0 Å². The fourth-order valence-electron chi connectivity index (χ4n) is 3.74. The molecule has 2 atom stereocenters. The fourth-order valence-corrected chi connectivity index (χ4v) is 3.87. The van der Waals surface area contributed by atoms with Gasteiger partial charge in [0.15, 0.2) is 0 Å². The van der Waals surface area contributed by atoms with Crippen LogP contribution in [0.25, 0.3) is 0 Å². The van der Waals surface area contributed by atoms with E-state index < -0.39 is 5.92 Å². The number of rotatable bonds is 14. The highest BCUT2D eigenvalue weighted by molar-refractivity contribution is 6.30. The number of carbonyl (C=O) groups is 3. The molecule has 0 saturated heterocycles. The summed E-state index contributed by atoms with van der Waals surface area (Å²) in [6.07, 6.45) is 5.05. The van der Waals surface area contributed by atoms with Gasteiger partial charge in [0, 0.05) is 43.8 Å². The Hall–Kier alpha value is -3.18. The largest absolute Gasteiger partial charge is 0.347 e. The smallest absolute Gasteiger partial charge is 0.226 e. The van der Waals surface area contributed by atoms with E-state index in [0.29, 0.717) is 30.8 Å². The lowest BCUT2D eigenvalue weighted by Crippen LogP contribution is -2.41. The minimum absolute atomic E-state index is 0.0201. The van der Waals surface area contributed by atoms with Crippen molar-refractivity contribution in [3.05, 3.63) is 96.1 Å². The molecule has 0 bridgehead atoms. The lowest BCUT2D eigenvalue weighted by atomic mass is 9.94. The molecule has 5 nitrogen and oxygen atoms in total. The van der Waals surface area contributed by atoms with E-state index >= 15 is 0 Å². The number of benzene rings is 2. The maximum absolute atomic E-state index is 13.3. The van der Waals surface area contributed by atoms with Gasteiger partial charge in [-0.1, -0.05) is 66.2 Å². The number of nitrogens with one attached hydrogen (secondary N) is 1. The summed E-state index contributed by atoms with van der Waals surface area (Å²) in [6.45, 7) is 7.71. The second-order valence-corrected chi connectivity index (χ2v) is 8.78. The van der Waals surface area contributed by atoms with Crippen molar-refractivity contribution in [1.29, 1.82) is 0 Å². The van der Waals surface area contributed by atoms with Crippen LogP contribution in [0, 0.1) is 5.92 Å². The van der Waals surface area contributed by atoms with E-state index in [0.717, 1.165) is 11.1 Å². The van der Waals surface area contributed by atoms with E-state index in [1.165, 1.54) is 0 Å². The van der Waals surface area contributed by atoms with E-state index in [1.807, 2.05) is 42.5 Å². The van der Waals surface area contributed by atoms with Crippen molar-refractivity contribution in [1.82, 2.24) is 10.2 Å². The van der Waals surface area contributed by atoms with E-state index in [2.05, 4.69) is 18.5 Å². The van der Waals surface area contributed by atoms with Gasteiger partial charge in [0.05, 0.1) is 6.04 Å². The first-order chi connectivity index (χ1) is 16.3. The first-order valence-electron chi connectivity index (χ1n) is 11.4. The highest BCUT2D eigenvalue weighted by Gasteiger charge is 2.26. The first-order valence-corrected chi connectivity index (χ1v) is 11.8. The molecule has 0 unspecified atom stereocenters. The number of nitrogens with zero attached hydrogens (tertiary/aromatic N) is 1. The van der Waals surface area contributed by atoms with Gasteiger partial charge in [-0.15, -0.1) is 13.2 Å². The number of ketones is 1. The van der Waals surface area contributed by atoms with Gasteiger partial charge < -0.3 is 10.2 Å². The van der Waals surface area contributed by atoms with E-state index in [-0.39, 0.29) is 36.5 Å². The minimum Gasteiger partial charge on any atom is -0.347 e. The predicted octanol–water partition coefficient (Wildman–Crippen LogP) is 5.32. The van der Waals surface area contributed by atoms with Crippen LogP contribution in [-0.2, 0) is 20.8 Å². The quantitative estimate of drug-likeness (QED) is 0.372. The third kappa shape index (κ3) is 8.99. The van der Waals surface area contributed by atoms with Crippen molar-refractivity contribution in [2.75, 3.05) is 13.6 Å². The normalized spacial score (nSPS) is 12.3. The third-order valence-electron chi connectivity index (χ3n) is 5.53. The molecule has 34 heavy (non-hydrogen) atoms. The maximum Gasteiger partial charge on any atom is 0.226 e. The van der Waals surface area contributed by atoms with Gasteiger partial charge in [0.2, 0.25) is 11.8 Å². The molecule has 0 aliphatic rings. The summed E-state index contributed by atoms with van der Waals surface area (Å²) in [6, 6.07) is 16.3. The van der Waals surface area contributed by atoms with Crippen molar-refractivity contribution >= 4 is 29.2 Å². The first kappa shape index (κ1) is 27.1. The molecule has 2 aromatic rings. The molecule has 0 heterocycles. The van der Waals surface area contributed by atoms with Gasteiger partial charge in [-0.3, -0.25) is 14.4 Å². The molecule has 6 heteroatoms. The third-order valence-corrected chi connectivity index (χ3v) is 5.79. The van der Waals surface area contributed by atoms with Crippen molar-refractivity contribution in [2.45, 2.75) is 38.1 Å². The molecule has 0 saturated carbocycles. The van der Waals surface area contributed by atoms with E-state index in [4.69, 9.17) is 11.6 Å². The molecule has 2 amide bonds. The number of hydrogen-bond acceptors (Lipinski definition) is 3. The number of carbonyl (C=O) groups excluding carboxylic acids is 3. The van der Waals surface area contributed by atoms with Crippen LogP contribution in [-0.4, -0.2) is 36.1 Å². The molecular formula is C28H33ClN2O3. The van der Waals surface area contributed by atoms with Crippen LogP contribution >= 0.6 is 11.6 Å². The molecule has 0 aliphatic carbocycles. The summed E-state index contributed by atoms with van der Waals surface area (Å²) in [7, 11) is 1.70. The monoisotopic (exact) mass is 480 g/mol. The summed E-state index contributed by atoms with van der Waals surface area (Å²) in [5.74, 6) is -0.774. The maximum atomic E-state index is 13.3. The van der Waals surface area contributed by atoms with Crippen LogP contribution in [0.5, 0.6) is 0 Å². The average molecular weight is 481 g/mol. The molecule has 0 spiro atoms. The molecule has 0 radical (unpaired) electrons. The van der Waals surface area contributed by atoms with E-state index in [9.17, 15) is 14.4 Å². The lowest BCUT2D eigenvalue weighted by molar-refractivity contribution is -0.137. The Bertz CT molecular complexity index is 973. The molecule has 1 N–H and O–H groups in total. The van der Waals surface area contributed by atoms with Gasteiger partial charge >= 0.3 is 0 Å². The Morgan fingerprint density at radius 1 is 1.03 bits per heavy atom. The second-order valence-electron chi connectivity index (χ2n) is 8.34. The average Bonchev–Trinajstić information content (AvgIpc) is 2.83. The van der Waals surface area contributed by atoms with Crippen LogP contribution in [0.3, 0.4) is 0 Å². The predicted molar refractivity (Wildman–Crippen MR) is 137 cm³/mol. The van der Waals surface area contributed by atoms with Crippen LogP contribution in [0.4, 0.5) is 0 Å². The molecule has 0 aromatic heterocycles. The van der Waals surface area contributed by atoms with Gasteiger partial charge in [-0.25, -0.2) is 0 Å². The number of halogens is 1. The highest BCUT2D eigenvalue weighted by Crippen LogP contribution is 2.20. The Balaban J connectivity index is 2.07. The number of amides is 2. The molecule has 2 aromatic carbocycles. The zero-order chi connectivity index (χ0) is 24.9. The SMILES string of the molecule is C=CCCC(=O)N[C@H](CN(C)C(=O)[C@@H](CC=C)CC(=O)Cc1ccc(Cl)cc1)c1ccccc1. The Kier molecular flexibility index (Phi) is 11.3. The zero-order valence-electron chi connectivity index (χ0n) is 19.7. The second kappa shape index (κ2) is 14.2. The Morgan fingerprint density at radius 2 is 1.71 bits per heavy atom. The van der Waals surface area contributed by atoms with Crippen molar-refractivity contribution in [3.8, 4) is 0 Å². The van der Waals surface area contributed by atoms with Gasteiger partial charge in [-0.05, 0) is 36.1 Å². The minimum atomic E-state index is -0.504. The van der Waals surface area contributed by atoms with Crippen LogP contribution in [0.2, 0.25) is 5.02 Å². The molecule has 0 aliphatic heterocycles. The number of allylic oxidation sites excluding steroid dienone is 2. The van der Waals surface area contributed by atoms with Gasteiger partial charge in [-0.2, -0.15) is 0 Å². The Labute approximate surface area is 207 Å². The van der Waals surface area contributed by atoms with Crippen LogP contribution < -0.4 is 5.32 Å². The summed E-state index contributed by atoms with van der Waals surface area (Å²) < 4.78 is 0. The number of hydrogen-bond donors (Lipinski definition) is 1. The van der Waals surface area contributed by atoms with Gasteiger partial charge in [0.1, 0.15) is 5.78 Å². The highest BCUT2D eigenvalue weighted by atomic mass is 35.5. The number of likely N-dealkylation sites (N-methyl/N-ethyl adjacent to an activating group) is 1. The molecule has 180 valence electrons. The van der Waals surface area contributed by atoms with Gasteiger partial charge in [0.25, 0.3) is 0 Å². The van der Waals surface area contributed by atoms with Crippen molar-refractivity contribution < 1.29 is 14.4 Å². The molecular weight excluding hydrogens is 448 g/mol. The molecule has 0 fully saturated rings. The fraction of sp³-hybridized carbons (Fsp3) is 0.321.